The molecule has 1 unspecified atom stereocenters. The van der Waals surface area contributed by atoms with E-state index in [2.05, 4.69) is 25.9 Å². The zero-order valence-corrected chi connectivity index (χ0v) is 10.5. The van der Waals surface area contributed by atoms with Crippen molar-refractivity contribution in [1.82, 2.24) is 25.3 Å². The predicted molar refractivity (Wildman–Crippen MR) is 65.4 cm³/mol. The molecule has 8 nitrogen and oxygen atoms in total. The van der Waals surface area contributed by atoms with Crippen LogP contribution in [0.4, 0.5) is 6.01 Å². The first-order valence-electron chi connectivity index (χ1n) is 6.10. The molecule has 2 aromatic rings. The van der Waals surface area contributed by atoms with E-state index in [0.29, 0.717) is 11.6 Å². The van der Waals surface area contributed by atoms with E-state index in [9.17, 15) is 4.79 Å². The minimum absolute atomic E-state index is 0.0925. The van der Waals surface area contributed by atoms with Gasteiger partial charge in [-0.25, -0.2) is 0 Å². The van der Waals surface area contributed by atoms with Crippen molar-refractivity contribution in [3.05, 3.63) is 23.8 Å². The van der Waals surface area contributed by atoms with Crippen LogP contribution in [-0.4, -0.2) is 32.4 Å². The highest BCUT2D eigenvalue weighted by molar-refractivity contribution is 6.01. The van der Waals surface area contributed by atoms with Gasteiger partial charge < -0.3 is 9.73 Å². The first-order chi connectivity index (χ1) is 9.24. The Balaban J connectivity index is 1.70. The van der Waals surface area contributed by atoms with Crippen molar-refractivity contribution in [3.8, 4) is 0 Å². The van der Waals surface area contributed by atoms with E-state index in [1.165, 1.54) is 4.68 Å². The molecule has 0 aliphatic carbocycles. The summed E-state index contributed by atoms with van der Waals surface area (Å²) in [4.78, 5) is 11.9. The van der Waals surface area contributed by atoms with Gasteiger partial charge in [0.2, 0.25) is 5.89 Å². The van der Waals surface area contributed by atoms with Gasteiger partial charge in [0, 0.05) is 13.2 Å². The van der Waals surface area contributed by atoms with Gasteiger partial charge in [0.1, 0.15) is 5.69 Å². The maximum Gasteiger partial charge on any atom is 0.322 e. The third-order valence-electron chi connectivity index (χ3n) is 3.07. The third-order valence-corrected chi connectivity index (χ3v) is 3.07. The fourth-order valence-electron chi connectivity index (χ4n) is 2.08. The van der Waals surface area contributed by atoms with Crippen LogP contribution in [0.5, 0.6) is 0 Å². The molecule has 100 valence electrons. The lowest BCUT2D eigenvalue weighted by Gasteiger charge is -2.03. The second kappa shape index (κ2) is 4.81. The molecule has 1 fully saturated rings. The van der Waals surface area contributed by atoms with Gasteiger partial charge in [-0.2, -0.15) is 5.10 Å². The molecular formula is C11H14N6O2. The Morgan fingerprint density at radius 1 is 1.58 bits per heavy atom. The first-order valence-corrected chi connectivity index (χ1v) is 6.10. The van der Waals surface area contributed by atoms with Gasteiger partial charge in [-0.15, -0.1) is 5.10 Å². The van der Waals surface area contributed by atoms with Gasteiger partial charge in [0.25, 0.3) is 5.91 Å². The molecule has 1 amide bonds. The molecule has 1 atom stereocenters. The number of carbonyl (C=O) groups is 1. The van der Waals surface area contributed by atoms with Crippen LogP contribution in [0.15, 0.2) is 16.7 Å². The summed E-state index contributed by atoms with van der Waals surface area (Å²) in [7, 11) is 1.69. The predicted octanol–water partition coefficient (Wildman–Crippen LogP) is 0.480. The molecule has 19 heavy (non-hydrogen) atoms. The van der Waals surface area contributed by atoms with Gasteiger partial charge in [-0.1, -0.05) is 5.10 Å². The molecule has 3 rings (SSSR count). The molecule has 8 heteroatoms. The van der Waals surface area contributed by atoms with Crippen LogP contribution >= 0.6 is 0 Å². The summed E-state index contributed by atoms with van der Waals surface area (Å²) in [5.74, 6) is 0.187. The third kappa shape index (κ3) is 2.34. The first kappa shape index (κ1) is 11.8. The van der Waals surface area contributed by atoms with Crippen LogP contribution in [0.3, 0.4) is 0 Å². The number of amides is 1. The monoisotopic (exact) mass is 262 g/mol. The summed E-state index contributed by atoms with van der Waals surface area (Å²) in [6, 6.07) is 1.82. The molecule has 1 saturated heterocycles. The number of carbonyl (C=O) groups excluding carboxylic acids is 1. The molecule has 0 spiro atoms. The number of rotatable bonds is 3. The highest BCUT2D eigenvalue weighted by atomic mass is 16.4. The van der Waals surface area contributed by atoms with E-state index in [1.807, 2.05) is 0 Å². The number of nitrogens with zero attached hydrogens (tertiary/aromatic N) is 4. The van der Waals surface area contributed by atoms with Gasteiger partial charge >= 0.3 is 6.01 Å². The standard InChI is InChI=1S/C11H14N6O2/c1-17-8(4-6-13-17)9(18)14-11-16-15-10(19-11)7-3-2-5-12-7/h4,6-7,12H,2-3,5H2,1H3,(H,14,16,18). The molecule has 0 aromatic carbocycles. The Morgan fingerprint density at radius 2 is 2.47 bits per heavy atom. The Labute approximate surface area is 109 Å². The number of aryl methyl sites for hydroxylation is 1. The van der Waals surface area contributed by atoms with E-state index >= 15 is 0 Å². The smallest absolute Gasteiger partial charge is 0.322 e. The fraction of sp³-hybridized carbons (Fsp3) is 0.455. The lowest BCUT2D eigenvalue weighted by Crippen LogP contribution is -2.16. The highest BCUT2D eigenvalue weighted by Crippen LogP contribution is 2.22. The van der Waals surface area contributed by atoms with E-state index in [1.54, 1.807) is 19.3 Å². The minimum atomic E-state index is -0.324. The Bertz CT molecular complexity index is 584. The number of hydrogen-bond acceptors (Lipinski definition) is 6. The number of anilines is 1. The van der Waals surface area contributed by atoms with Crippen LogP contribution in [-0.2, 0) is 7.05 Å². The molecular weight excluding hydrogens is 248 g/mol. The van der Waals surface area contributed by atoms with Crippen LogP contribution in [0, 0.1) is 0 Å². The van der Waals surface area contributed by atoms with Crippen molar-refractivity contribution in [3.63, 3.8) is 0 Å². The molecule has 3 heterocycles. The number of nitrogens with one attached hydrogen (secondary N) is 2. The minimum Gasteiger partial charge on any atom is -0.406 e. The van der Waals surface area contributed by atoms with Crippen molar-refractivity contribution in [2.24, 2.45) is 7.05 Å². The highest BCUT2D eigenvalue weighted by Gasteiger charge is 2.23. The Morgan fingerprint density at radius 3 is 3.16 bits per heavy atom. The lowest BCUT2D eigenvalue weighted by atomic mass is 10.2. The van der Waals surface area contributed by atoms with Gasteiger partial charge in [-0.3, -0.25) is 14.8 Å². The van der Waals surface area contributed by atoms with Crippen molar-refractivity contribution >= 4 is 11.9 Å². The summed E-state index contributed by atoms with van der Waals surface area (Å²) >= 11 is 0. The molecule has 0 bridgehead atoms. The van der Waals surface area contributed by atoms with Crippen molar-refractivity contribution in [2.45, 2.75) is 18.9 Å². The molecule has 2 N–H and O–H groups in total. The van der Waals surface area contributed by atoms with E-state index in [0.717, 1.165) is 19.4 Å². The van der Waals surface area contributed by atoms with Crippen molar-refractivity contribution in [1.29, 1.82) is 0 Å². The number of hydrogen-bond donors (Lipinski definition) is 2. The molecule has 0 radical (unpaired) electrons. The summed E-state index contributed by atoms with van der Waals surface area (Å²) in [6.07, 6.45) is 3.61. The molecule has 0 saturated carbocycles. The number of aromatic nitrogens is 4. The van der Waals surface area contributed by atoms with Crippen molar-refractivity contribution in [2.75, 3.05) is 11.9 Å². The van der Waals surface area contributed by atoms with Crippen LogP contribution in [0.1, 0.15) is 35.3 Å². The van der Waals surface area contributed by atoms with Gasteiger partial charge in [0.05, 0.1) is 6.04 Å². The average Bonchev–Trinajstić information content (AvgIpc) is 3.07. The van der Waals surface area contributed by atoms with E-state index < -0.39 is 0 Å². The van der Waals surface area contributed by atoms with Gasteiger partial charge in [-0.05, 0) is 25.5 Å². The zero-order chi connectivity index (χ0) is 13.2. The molecule has 2 aromatic heterocycles. The molecule has 1 aliphatic heterocycles. The topological polar surface area (TPSA) is 97.9 Å². The normalized spacial score (nSPS) is 18.7. The van der Waals surface area contributed by atoms with Crippen molar-refractivity contribution < 1.29 is 9.21 Å². The maximum atomic E-state index is 11.9. The van der Waals surface area contributed by atoms with E-state index in [-0.39, 0.29) is 18.0 Å². The average molecular weight is 262 g/mol. The second-order valence-electron chi connectivity index (χ2n) is 4.39. The summed E-state index contributed by atoms with van der Waals surface area (Å²) < 4.78 is 6.91. The van der Waals surface area contributed by atoms with Gasteiger partial charge in [0.15, 0.2) is 0 Å². The molecule has 1 aliphatic rings. The lowest BCUT2D eigenvalue weighted by molar-refractivity contribution is 0.101. The second-order valence-corrected chi connectivity index (χ2v) is 4.39. The largest absolute Gasteiger partial charge is 0.406 e. The summed E-state index contributed by atoms with van der Waals surface area (Å²) in [6.45, 7) is 0.948. The van der Waals surface area contributed by atoms with Crippen LogP contribution in [0.2, 0.25) is 0 Å². The summed E-state index contributed by atoms with van der Waals surface area (Å²) in [5, 5.41) is 17.5. The van der Waals surface area contributed by atoms with Crippen LogP contribution in [0.25, 0.3) is 0 Å². The zero-order valence-electron chi connectivity index (χ0n) is 10.5. The SMILES string of the molecule is Cn1nccc1C(=O)Nc1nnc(C2CCCN2)o1. The summed E-state index contributed by atoms with van der Waals surface area (Å²) in [5.41, 5.74) is 0.429. The Kier molecular flexibility index (Phi) is 3.00. The maximum absolute atomic E-state index is 11.9. The van der Waals surface area contributed by atoms with Crippen LogP contribution < -0.4 is 10.6 Å². The Hall–Kier alpha value is -2.22. The quantitative estimate of drug-likeness (QED) is 0.835. The van der Waals surface area contributed by atoms with E-state index in [4.69, 9.17) is 4.42 Å². The fourth-order valence-corrected chi connectivity index (χ4v) is 2.08.